The van der Waals surface area contributed by atoms with Gasteiger partial charge < -0.3 is 20.4 Å². The molecule has 0 spiro atoms. The van der Waals surface area contributed by atoms with Gasteiger partial charge in [0.15, 0.2) is 11.5 Å². The van der Waals surface area contributed by atoms with Crippen LogP contribution in [0.4, 0.5) is 30.9 Å². The average molecular weight is 639 g/mol. The summed E-state index contributed by atoms with van der Waals surface area (Å²) in [5, 5.41) is 11.1. The van der Waals surface area contributed by atoms with Crippen LogP contribution in [0.15, 0.2) is 73.2 Å². The topological polar surface area (TPSA) is 124 Å². The zero-order valence-electron chi connectivity index (χ0n) is 25.8. The molecule has 5 aromatic rings. The van der Waals surface area contributed by atoms with Crippen LogP contribution in [0.2, 0.25) is 0 Å². The molecule has 12 nitrogen and oxygen atoms in total. The fourth-order valence-corrected chi connectivity index (χ4v) is 6.40. The first-order valence-electron chi connectivity index (χ1n) is 15.3. The number of hydrogen-bond donors (Lipinski definition) is 2. The van der Waals surface area contributed by atoms with Crippen molar-refractivity contribution in [1.82, 2.24) is 34.9 Å². The molecule has 3 amide bonds. The number of carbonyl (C=O) groups excluding carboxylic acids is 2. The molecule has 2 aromatic carbocycles. The van der Waals surface area contributed by atoms with Crippen LogP contribution in [0.1, 0.15) is 12.8 Å². The highest BCUT2D eigenvalue weighted by molar-refractivity contribution is 5.96. The van der Waals surface area contributed by atoms with E-state index in [-0.39, 0.29) is 23.7 Å². The number of anilines is 3. The van der Waals surface area contributed by atoms with E-state index in [0.717, 1.165) is 23.4 Å². The molecule has 2 N–H and O–H groups in total. The lowest BCUT2D eigenvalue weighted by molar-refractivity contribution is -0.131. The predicted molar refractivity (Wildman–Crippen MR) is 173 cm³/mol. The largest absolute Gasteiger partial charge is 0.365 e. The predicted octanol–water partition coefficient (Wildman–Crippen LogP) is 4.22. The van der Waals surface area contributed by atoms with Crippen molar-refractivity contribution in [2.45, 2.75) is 24.9 Å². The minimum absolute atomic E-state index is 0.0409. The van der Waals surface area contributed by atoms with Crippen LogP contribution >= 0.6 is 0 Å². The zero-order valence-corrected chi connectivity index (χ0v) is 25.8. The SMILES string of the molecule is CNC(=O)N1CCCN(C)C(=O)[C@@H]2C[C@@H](CN2c2ncnc3c2cnn3-c2ccc(F)cc2F)Nc2cccc(n2)-c2ccccc21. The van der Waals surface area contributed by atoms with E-state index in [1.54, 1.807) is 23.9 Å². The number of urea groups is 1. The smallest absolute Gasteiger partial charge is 0.321 e. The quantitative estimate of drug-likeness (QED) is 0.295. The number of pyridine rings is 1. The van der Waals surface area contributed by atoms with E-state index in [1.807, 2.05) is 47.4 Å². The van der Waals surface area contributed by atoms with Gasteiger partial charge in [0.05, 0.1) is 23.0 Å². The van der Waals surface area contributed by atoms with E-state index in [9.17, 15) is 18.4 Å². The highest BCUT2D eigenvalue weighted by atomic mass is 19.1. The lowest BCUT2D eigenvalue weighted by Gasteiger charge is -2.30. The zero-order chi connectivity index (χ0) is 32.7. The highest BCUT2D eigenvalue weighted by Crippen LogP contribution is 2.34. The maximum Gasteiger partial charge on any atom is 0.321 e. The molecule has 0 saturated carbocycles. The van der Waals surface area contributed by atoms with E-state index >= 15 is 0 Å². The number of nitrogens with zero attached hydrogens (tertiary/aromatic N) is 8. The van der Waals surface area contributed by atoms with Crippen LogP contribution in [0.3, 0.4) is 0 Å². The summed E-state index contributed by atoms with van der Waals surface area (Å²) in [6.45, 7) is 1.19. The third-order valence-corrected chi connectivity index (χ3v) is 8.62. The second-order valence-electron chi connectivity index (χ2n) is 11.6. The Bertz CT molecular complexity index is 1980. The molecule has 1 saturated heterocycles. The number of aromatic nitrogens is 5. The van der Waals surface area contributed by atoms with Crippen molar-refractivity contribution in [3.63, 3.8) is 0 Å². The van der Waals surface area contributed by atoms with Gasteiger partial charge in [-0.05, 0) is 43.2 Å². The van der Waals surface area contributed by atoms with E-state index in [2.05, 4.69) is 25.7 Å². The number of amides is 3. The van der Waals surface area contributed by atoms with Crippen molar-refractivity contribution in [2.75, 3.05) is 48.8 Å². The summed E-state index contributed by atoms with van der Waals surface area (Å²) in [4.78, 5) is 46.3. The molecule has 0 aliphatic carbocycles. The average Bonchev–Trinajstić information content (AvgIpc) is 3.70. The molecule has 4 bridgehead atoms. The maximum absolute atomic E-state index is 14.7. The van der Waals surface area contributed by atoms with Crippen LogP contribution in [-0.2, 0) is 4.79 Å². The summed E-state index contributed by atoms with van der Waals surface area (Å²) >= 11 is 0. The van der Waals surface area contributed by atoms with Gasteiger partial charge in [0, 0.05) is 51.4 Å². The van der Waals surface area contributed by atoms with Crippen molar-refractivity contribution in [2.24, 2.45) is 0 Å². The number of fused-ring (bicyclic) bond motifs is 7. The normalized spacial score (nSPS) is 18.4. The molecule has 2 aliphatic rings. The fraction of sp³-hybridized carbons (Fsp3) is 0.273. The van der Waals surface area contributed by atoms with Crippen molar-refractivity contribution >= 4 is 40.3 Å². The molecule has 47 heavy (non-hydrogen) atoms. The highest BCUT2D eigenvalue weighted by Gasteiger charge is 2.40. The number of benzene rings is 2. The molecule has 2 atom stereocenters. The number of hydrogen-bond acceptors (Lipinski definition) is 8. The summed E-state index contributed by atoms with van der Waals surface area (Å²) in [5.41, 5.74) is 2.59. The standard InChI is InChI=1S/C33H32F2N10O2/c1-36-33(47)43-14-6-13-42(2)32(46)28-16-21(40-29-10-5-8-25(41-29)22-7-3-4-9-26(22)43)18-44(28)30-23-17-39-45(31(23)38-19-37-30)27-12-11-20(34)15-24(27)35/h3-5,7-12,15,17,19,21,28H,6,13-14,16,18H2,1-2H3,(H,36,47)(H,40,41)/t21-,28-/m0/s1. The molecule has 0 unspecified atom stereocenters. The van der Waals surface area contributed by atoms with Crippen LogP contribution in [0.25, 0.3) is 28.0 Å². The van der Waals surface area contributed by atoms with Crippen LogP contribution in [0, 0.1) is 11.6 Å². The number of nitrogens with one attached hydrogen (secondary N) is 2. The minimum atomic E-state index is -0.782. The molecule has 3 aromatic heterocycles. The van der Waals surface area contributed by atoms with Crippen LogP contribution in [0.5, 0.6) is 0 Å². The first-order chi connectivity index (χ1) is 22.8. The molecule has 1 fully saturated rings. The van der Waals surface area contributed by atoms with Gasteiger partial charge in [-0.15, -0.1) is 0 Å². The van der Waals surface area contributed by atoms with E-state index in [4.69, 9.17) is 4.98 Å². The van der Waals surface area contributed by atoms with Crippen molar-refractivity contribution in [3.05, 3.63) is 84.8 Å². The molecule has 2 aliphatic heterocycles. The minimum Gasteiger partial charge on any atom is -0.365 e. The summed E-state index contributed by atoms with van der Waals surface area (Å²) in [6, 6.07) is 15.5. The van der Waals surface area contributed by atoms with Gasteiger partial charge in [-0.3, -0.25) is 9.69 Å². The van der Waals surface area contributed by atoms with E-state index < -0.39 is 17.7 Å². The molecule has 240 valence electrons. The monoisotopic (exact) mass is 638 g/mol. The number of para-hydroxylation sites is 1. The lowest BCUT2D eigenvalue weighted by atomic mass is 10.1. The summed E-state index contributed by atoms with van der Waals surface area (Å²) < 4.78 is 29.7. The van der Waals surface area contributed by atoms with E-state index in [0.29, 0.717) is 60.8 Å². The lowest BCUT2D eigenvalue weighted by Crippen LogP contribution is -2.46. The molecule has 0 radical (unpaired) electrons. The van der Waals surface area contributed by atoms with Crippen molar-refractivity contribution in [3.8, 4) is 16.9 Å². The fourth-order valence-electron chi connectivity index (χ4n) is 6.40. The third kappa shape index (κ3) is 5.55. The number of rotatable bonds is 2. The Hall–Kier alpha value is -5.66. The Kier molecular flexibility index (Phi) is 7.83. The van der Waals surface area contributed by atoms with Crippen molar-refractivity contribution in [1.29, 1.82) is 0 Å². The number of likely N-dealkylation sites (N-methyl/N-ethyl adjacent to an activating group) is 1. The maximum atomic E-state index is 14.7. The molecule has 14 heteroatoms. The van der Waals surface area contributed by atoms with Gasteiger partial charge in [0.25, 0.3) is 0 Å². The molecule has 7 rings (SSSR count). The Labute approximate surface area is 269 Å². The van der Waals surface area contributed by atoms with Gasteiger partial charge in [-0.25, -0.2) is 33.2 Å². The Balaban J connectivity index is 1.28. The van der Waals surface area contributed by atoms with Gasteiger partial charge in [-0.2, -0.15) is 5.10 Å². The number of carbonyl (C=O) groups is 2. The van der Waals surface area contributed by atoms with Gasteiger partial charge in [0.1, 0.15) is 35.5 Å². The Morgan fingerprint density at radius 3 is 2.70 bits per heavy atom. The first-order valence-corrected chi connectivity index (χ1v) is 15.3. The Morgan fingerprint density at radius 2 is 1.87 bits per heavy atom. The Morgan fingerprint density at radius 1 is 1.02 bits per heavy atom. The van der Waals surface area contributed by atoms with Crippen LogP contribution in [-0.4, -0.2) is 87.4 Å². The second-order valence-corrected chi connectivity index (χ2v) is 11.6. The third-order valence-electron chi connectivity index (χ3n) is 8.62. The van der Waals surface area contributed by atoms with Crippen molar-refractivity contribution < 1.29 is 18.4 Å². The molecular weight excluding hydrogens is 606 g/mol. The first kappa shape index (κ1) is 30.0. The number of halogens is 2. The van der Waals surface area contributed by atoms with Gasteiger partial charge in [0.2, 0.25) is 5.91 Å². The second kappa shape index (κ2) is 12.3. The molecular formula is C33H32F2N10O2. The molecule has 5 heterocycles. The van der Waals surface area contributed by atoms with Gasteiger partial charge >= 0.3 is 6.03 Å². The van der Waals surface area contributed by atoms with Gasteiger partial charge in [-0.1, -0.05) is 24.3 Å². The summed E-state index contributed by atoms with van der Waals surface area (Å²) in [7, 11) is 3.35. The van der Waals surface area contributed by atoms with E-state index in [1.165, 1.54) is 23.3 Å². The summed E-state index contributed by atoms with van der Waals surface area (Å²) in [5.74, 6) is -0.493. The summed E-state index contributed by atoms with van der Waals surface area (Å²) in [6.07, 6.45) is 3.87. The van der Waals surface area contributed by atoms with Crippen LogP contribution < -0.4 is 20.4 Å².